The molecule has 624 valence electrons. The van der Waals surface area contributed by atoms with Gasteiger partial charge < -0.3 is 59.6 Å². The molecule has 0 saturated carbocycles. The molecule has 0 aliphatic carbocycles. The summed E-state index contributed by atoms with van der Waals surface area (Å²) in [5.41, 5.74) is 0. The maximum atomic E-state index is 11.7. The van der Waals surface area contributed by atoms with Crippen molar-refractivity contribution >= 4 is 143 Å². The molecule has 0 aromatic rings. The van der Waals surface area contributed by atoms with E-state index in [1.54, 1.807) is 70.0 Å². The van der Waals surface area contributed by atoms with Crippen LogP contribution >= 0.6 is 35.3 Å². The Morgan fingerprint density at radius 3 is 0.962 bits per heavy atom. The Morgan fingerprint density at radius 1 is 0.343 bits per heavy atom. The zero-order valence-corrected chi connectivity index (χ0v) is 69.7. The van der Waals surface area contributed by atoms with Gasteiger partial charge in [0.1, 0.15) is 28.9 Å². The van der Waals surface area contributed by atoms with Crippen molar-refractivity contribution in [2.45, 2.75) is 159 Å². The predicted molar refractivity (Wildman–Crippen MR) is 409 cm³/mol. The van der Waals surface area contributed by atoms with Crippen LogP contribution < -0.4 is 0 Å². The normalized spacial score (nSPS) is 12.4. The first-order valence-corrected chi connectivity index (χ1v) is 47.0. The van der Waals surface area contributed by atoms with Gasteiger partial charge in [-0.3, -0.25) is 47.9 Å². The third-order valence-electron chi connectivity index (χ3n) is 12.7. The minimum Gasteiger partial charge on any atom is -0.466 e. The van der Waals surface area contributed by atoms with Crippen LogP contribution in [0.25, 0.3) is 0 Å². The highest BCUT2D eigenvalue weighted by Crippen LogP contribution is 2.18. The number of carbonyl (C=O) groups is 10. The molecule has 105 heavy (non-hydrogen) atoms. The van der Waals surface area contributed by atoms with Crippen LogP contribution in [0.15, 0.2) is 0 Å². The molecule has 1 rings (SSSR count). The first-order valence-electron chi connectivity index (χ1n) is 34.4. The number of carbonyl (C=O) groups excluding carboxylic acids is 10. The quantitative estimate of drug-likeness (QED) is 0.0260. The van der Waals surface area contributed by atoms with Crippen molar-refractivity contribution in [1.82, 2.24) is 4.90 Å². The van der Waals surface area contributed by atoms with Gasteiger partial charge in [0.2, 0.25) is 5.91 Å². The lowest BCUT2D eigenvalue weighted by Gasteiger charge is -2.26. The fraction of sp³-hybridized carbons (Fsp3) is 0.846. The van der Waals surface area contributed by atoms with E-state index in [9.17, 15) is 90.0 Å². The van der Waals surface area contributed by atoms with Gasteiger partial charge in [0.15, 0.2) is 49.2 Å². The molecule has 2 atom stereocenters. The summed E-state index contributed by atoms with van der Waals surface area (Å²) in [5.74, 6) is -0.488. The van der Waals surface area contributed by atoms with Crippen molar-refractivity contribution in [1.29, 1.82) is 0 Å². The smallest absolute Gasteiger partial charge is 0.309 e. The minimum atomic E-state index is -3.56. The summed E-state index contributed by atoms with van der Waals surface area (Å²) in [6.45, 7) is 17.3. The number of ketones is 5. The zero-order chi connectivity index (χ0) is 82.4. The topological polar surface area (TPSA) is 523 Å². The number of Topliss-reactive ketones (excluding diaryl/α,β-unsaturated/α-hetero) is 5. The van der Waals surface area contributed by atoms with Crippen LogP contribution in [-0.4, -0.2) is 319 Å². The molecule has 1 aliphatic rings. The molecular weight excluding hydrogens is 1550 g/mol. The second kappa shape index (κ2) is 74.3. The van der Waals surface area contributed by atoms with Gasteiger partial charge in [-0.05, 0) is 101 Å². The molecule has 40 heteroatoms. The third kappa shape index (κ3) is 89.0. The fourth-order valence-electron chi connectivity index (χ4n) is 7.27. The molecule has 0 aromatic carbocycles. The average molecular weight is 1670 g/mol. The Kier molecular flexibility index (Phi) is 81.1. The number of thioether (sulfide) groups is 3. The summed E-state index contributed by atoms with van der Waals surface area (Å²) in [7, 11) is -16.2. The Hall–Kier alpha value is -3.78. The summed E-state index contributed by atoms with van der Waals surface area (Å²) in [6, 6.07) is 0. The van der Waals surface area contributed by atoms with Gasteiger partial charge in [-0.25, -0.2) is 42.1 Å². The molecule has 1 saturated heterocycles. The van der Waals surface area contributed by atoms with Gasteiger partial charge >= 0.3 is 23.9 Å². The Labute approximate surface area is 637 Å². The number of hydrogen-bond donors (Lipinski definition) is 7. The van der Waals surface area contributed by atoms with E-state index in [0.717, 1.165) is 55.4 Å². The number of aliphatic hydroxyl groups is 7. The summed E-state index contributed by atoms with van der Waals surface area (Å²) in [4.78, 5) is 111. The van der Waals surface area contributed by atoms with Gasteiger partial charge in [0, 0.05) is 105 Å². The van der Waals surface area contributed by atoms with Crippen LogP contribution in [0.3, 0.4) is 0 Å². The van der Waals surface area contributed by atoms with Gasteiger partial charge in [-0.1, -0.05) is 6.92 Å². The molecular formula is C65H125NO31S8. The van der Waals surface area contributed by atoms with Crippen LogP contribution in [0.1, 0.15) is 159 Å². The number of nitrogens with zero attached hydrogens (tertiary/aromatic N) is 1. The average Bonchev–Trinajstić information content (AvgIpc) is 0.909. The number of rotatable bonds is 50. The molecule has 1 amide bonds. The molecule has 0 bridgehead atoms. The highest BCUT2D eigenvalue weighted by molar-refractivity contribution is 7.99. The Balaban J connectivity index is -0.000000213. The van der Waals surface area contributed by atoms with Crippen LogP contribution in [0.4, 0.5) is 0 Å². The molecule has 7 N–H and O–H groups in total. The summed E-state index contributed by atoms with van der Waals surface area (Å²) in [5, 5.41) is 59.2. The summed E-state index contributed by atoms with van der Waals surface area (Å²) >= 11 is 4.70. The van der Waals surface area contributed by atoms with E-state index in [2.05, 4.69) is 0 Å². The SMILES string of the molecule is CC(=O)CCS(=O)(=O)CCO.CC(=O)CCS(=O)(=O)CCO.CC(=O)CCSCCO.CC(=O)CCSCCO.CCCS(=O)(=O)CCC(C)=O.CCOC(=O)CCC(CS(=O)(=O)CCO)C(=O)OCC.CCOC(=O)CCC(CSCCO)C(=O)OCC.O=C(CCS(=O)(=O)CCO)N1CCCCC1. The van der Waals surface area contributed by atoms with E-state index >= 15 is 0 Å². The van der Waals surface area contributed by atoms with Gasteiger partial charge in [-0.2, -0.15) is 35.3 Å². The molecule has 0 aromatic heterocycles. The molecule has 0 spiro atoms. The van der Waals surface area contributed by atoms with Crippen LogP contribution in [-0.2, 0) is 116 Å². The van der Waals surface area contributed by atoms with Crippen molar-refractivity contribution < 1.29 is 145 Å². The van der Waals surface area contributed by atoms with Crippen molar-refractivity contribution in [2.75, 3.05) is 178 Å². The van der Waals surface area contributed by atoms with Gasteiger partial charge in [0.05, 0.1) is 136 Å². The highest BCUT2D eigenvalue weighted by Gasteiger charge is 2.28. The van der Waals surface area contributed by atoms with Crippen molar-refractivity contribution in [3.8, 4) is 0 Å². The van der Waals surface area contributed by atoms with E-state index in [1.165, 1.54) is 32.5 Å². The number of esters is 4. The molecule has 1 aliphatic heterocycles. The van der Waals surface area contributed by atoms with E-state index in [0.29, 0.717) is 50.4 Å². The standard InChI is InChI=1S/C12H22O7S.C12H22O5S.C10H19NO4S.C7H14O3S.2C6H12O4S.2C6H12O2S/c1-3-18-11(14)6-5-10(12(15)19-4-2)9-20(16,17)8-7-13;1-3-16-11(14)6-5-10(9-18-8-7-13)12(15)17-4-2;12-7-9-16(14,15)8-4-10(13)11-5-2-1-3-6-11;1-3-5-11(9,10)6-4-7(2)8;2*1-6(8)2-4-11(9,10)5-3-7;2*1-6(8)2-4-9-5-3-7/h10,13H,3-9H2,1-2H3;10,13H,3-9H2,1-2H3;12H,1-9H2;3-6H2,1-2H3;2*7H,2-5H2,1H3;2*7H,2-5H2,1H3. The lowest BCUT2D eigenvalue weighted by molar-refractivity contribution is -0.150. The predicted octanol–water partition coefficient (Wildman–Crippen LogP) is 1.86. The maximum absolute atomic E-state index is 11.7. The lowest BCUT2D eigenvalue weighted by atomic mass is 10.1. The minimum absolute atomic E-state index is 0.0101. The van der Waals surface area contributed by atoms with E-state index in [-0.39, 0.29) is 197 Å². The third-order valence-corrected chi connectivity index (χ3v) is 24.2. The second-order valence-corrected chi connectivity index (χ2v) is 37.7. The number of ether oxygens (including phenoxy) is 4. The molecule has 1 heterocycles. The van der Waals surface area contributed by atoms with E-state index in [4.69, 9.17) is 54.7 Å². The molecule has 1 fully saturated rings. The number of hydrogen-bond acceptors (Lipinski definition) is 34. The molecule has 0 radical (unpaired) electrons. The number of likely N-dealkylation sites (tertiary alicyclic amines) is 1. The second-order valence-electron chi connectivity index (χ2n) is 22.6. The summed E-state index contributed by atoms with van der Waals surface area (Å²) in [6.07, 6.45) is 5.98. The largest absolute Gasteiger partial charge is 0.466 e. The Morgan fingerprint density at radius 2 is 0.648 bits per heavy atom. The van der Waals surface area contributed by atoms with Crippen LogP contribution in [0, 0.1) is 11.8 Å². The van der Waals surface area contributed by atoms with E-state index in [1.807, 2.05) is 6.92 Å². The van der Waals surface area contributed by atoms with Gasteiger partial charge in [0.25, 0.3) is 0 Å². The maximum Gasteiger partial charge on any atom is 0.309 e. The van der Waals surface area contributed by atoms with Crippen LogP contribution in [0.2, 0.25) is 0 Å². The number of amides is 1. The first-order chi connectivity index (χ1) is 49.0. The summed E-state index contributed by atoms with van der Waals surface area (Å²) < 4.78 is 130. The monoisotopic (exact) mass is 1670 g/mol. The Bertz CT molecular complexity index is 2770. The van der Waals surface area contributed by atoms with E-state index < -0.39 is 85.2 Å². The number of sulfone groups is 5. The number of aliphatic hydroxyl groups excluding tert-OH is 7. The van der Waals surface area contributed by atoms with Gasteiger partial charge in [-0.15, -0.1) is 0 Å². The number of piperidine rings is 1. The van der Waals surface area contributed by atoms with Crippen molar-refractivity contribution in [3.63, 3.8) is 0 Å². The van der Waals surface area contributed by atoms with Crippen molar-refractivity contribution in [3.05, 3.63) is 0 Å². The zero-order valence-electron chi connectivity index (χ0n) is 63.2. The van der Waals surface area contributed by atoms with Crippen molar-refractivity contribution in [2.24, 2.45) is 11.8 Å². The fourth-order valence-corrected chi connectivity index (χ4v) is 15.6. The first kappa shape index (κ1) is 115. The molecule has 32 nitrogen and oxygen atoms in total. The highest BCUT2D eigenvalue weighted by atomic mass is 32.2. The lowest BCUT2D eigenvalue weighted by Crippen LogP contribution is -2.36. The molecule has 2 unspecified atom stereocenters. The van der Waals surface area contributed by atoms with Crippen LogP contribution in [0.5, 0.6) is 0 Å².